The quantitative estimate of drug-likeness (QED) is 0.296. The molecule has 8 atom stereocenters. The van der Waals surface area contributed by atoms with Gasteiger partial charge in [-0.15, -0.1) is 0 Å². The summed E-state index contributed by atoms with van der Waals surface area (Å²) >= 11 is 0. The zero-order valence-corrected chi connectivity index (χ0v) is 29.3. The second-order valence-corrected chi connectivity index (χ2v) is 17.2. The first-order valence-electron chi connectivity index (χ1n) is 17.6. The van der Waals surface area contributed by atoms with Crippen molar-refractivity contribution in [3.8, 4) is 0 Å². The third-order valence-electron chi connectivity index (χ3n) is 14.5. The summed E-state index contributed by atoms with van der Waals surface area (Å²) in [5, 5.41) is 0. The van der Waals surface area contributed by atoms with E-state index in [-0.39, 0.29) is 75.8 Å². The zero-order valence-electron chi connectivity index (χ0n) is 29.3. The van der Waals surface area contributed by atoms with Crippen LogP contribution in [0.15, 0.2) is 23.4 Å². The number of esters is 1. The number of ketones is 2. The van der Waals surface area contributed by atoms with E-state index in [1.807, 2.05) is 13.8 Å². The van der Waals surface area contributed by atoms with Crippen molar-refractivity contribution in [3.63, 3.8) is 0 Å². The first-order chi connectivity index (χ1) is 21.7. The fourth-order valence-corrected chi connectivity index (χ4v) is 12.3. The minimum Gasteiger partial charge on any atom is -0.462 e. The van der Waals surface area contributed by atoms with E-state index in [1.54, 1.807) is 0 Å². The van der Waals surface area contributed by atoms with Gasteiger partial charge in [0.05, 0.1) is 11.8 Å². The number of hydrogen-bond donors (Lipinski definition) is 0. The predicted octanol–water partition coefficient (Wildman–Crippen LogP) is 8.52. The summed E-state index contributed by atoms with van der Waals surface area (Å²) in [6.07, 6.45) is 3.15. The highest BCUT2D eigenvalue weighted by Gasteiger charge is 2.71. The Bertz CT molecular complexity index is 1530. The van der Waals surface area contributed by atoms with Crippen LogP contribution in [-0.4, -0.2) is 33.6 Å². The second kappa shape index (κ2) is 11.0. The number of carbonyl (C=O) groups excluding carboxylic acids is 3. The van der Waals surface area contributed by atoms with Gasteiger partial charge in [-0.25, -0.2) is 9.97 Å². The van der Waals surface area contributed by atoms with Crippen molar-refractivity contribution in [1.82, 2.24) is 9.97 Å². The number of hydrogen-bond acceptors (Lipinski definition) is 6. The van der Waals surface area contributed by atoms with Crippen LogP contribution in [0.5, 0.6) is 0 Å². The molecule has 0 N–H and O–H groups in total. The summed E-state index contributed by atoms with van der Waals surface area (Å²) < 4.78 is 46.3. The lowest BCUT2D eigenvalue weighted by molar-refractivity contribution is -0.232. The highest BCUT2D eigenvalue weighted by molar-refractivity contribution is 6.07. The second-order valence-electron chi connectivity index (χ2n) is 17.2. The summed E-state index contributed by atoms with van der Waals surface area (Å²) in [5.41, 5.74) is -0.616. The molecule has 0 radical (unpaired) electrons. The number of ether oxygens (including phenoxy) is 1. The summed E-state index contributed by atoms with van der Waals surface area (Å²) in [6.45, 7) is 17.4. The van der Waals surface area contributed by atoms with Gasteiger partial charge < -0.3 is 4.74 Å². The molecular weight excluding hydrogens is 605 g/mol. The summed E-state index contributed by atoms with van der Waals surface area (Å²) in [4.78, 5) is 48.1. The number of halogens is 3. The Hall–Kier alpha value is -2.58. The van der Waals surface area contributed by atoms with Crippen LogP contribution in [0.4, 0.5) is 13.2 Å². The molecule has 4 fully saturated rings. The minimum absolute atomic E-state index is 0.00560. The van der Waals surface area contributed by atoms with E-state index in [0.717, 1.165) is 68.4 Å². The van der Waals surface area contributed by atoms with Crippen LogP contribution in [0.25, 0.3) is 0 Å². The van der Waals surface area contributed by atoms with E-state index < -0.39 is 17.3 Å². The summed E-state index contributed by atoms with van der Waals surface area (Å²) in [5.74, 6) is 0.230. The molecule has 0 saturated heterocycles. The normalized spacial score (nSPS) is 39.5. The number of aromatic nitrogens is 2. The Balaban J connectivity index is 1.37. The molecule has 6 nitrogen and oxygen atoms in total. The van der Waals surface area contributed by atoms with Crippen LogP contribution in [0.3, 0.4) is 0 Å². The maximum atomic E-state index is 14.4. The van der Waals surface area contributed by atoms with Crippen molar-refractivity contribution in [3.05, 3.63) is 34.9 Å². The Morgan fingerprint density at radius 1 is 0.957 bits per heavy atom. The molecule has 0 aliphatic heterocycles. The molecule has 0 unspecified atom stereocenters. The molecule has 258 valence electrons. The number of Topliss-reactive ketones (excluding diaryl/α,β-unsaturated/α-hetero) is 2. The molecule has 0 aromatic carbocycles. The average Bonchev–Trinajstić information content (AvgIpc) is 3.28. The van der Waals surface area contributed by atoms with Gasteiger partial charge in [-0.1, -0.05) is 48.5 Å². The van der Waals surface area contributed by atoms with E-state index in [0.29, 0.717) is 18.3 Å². The average molecular weight is 657 g/mol. The van der Waals surface area contributed by atoms with Crippen LogP contribution < -0.4 is 0 Å². The number of carbonyl (C=O) groups is 3. The van der Waals surface area contributed by atoms with Crippen molar-refractivity contribution >= 4 is 17.5 Å². The largest absolute Gasteiger partial charge is 0.462 e. The first kappa shape index (κ1) is 34.3. The van der Waals surface area contributed by atoms with Crippen LogP contribution in [0.1, 0.15) is 125 Å². The molecule has 0 amide bonds. The number of allylic oxidation sites excluding steroid dienone is 2. The van der Waals surface area contributed by atoms with Crippen molar-refractivity contribution in [2.75, 3.05) is 0 Å². The van der Waals surface area contributed by atoms with E-state index in [4.69, 9.17) is 4.74 Å². The Morgan fingerprint density at radius 2 is 1.66 bits per heavy atom. The summed E-state index contributed by atoms with van der Waals surface area (Å²) in [7, 11) is 0. The molecule has 1 aromatic heterocycles. The molecule has 0 spiro atoms. The highest BCUT2D eigenvalue weighted by Crippen LogP contribution is 2.76. The van der Waals surface area contributed by atoms with Crippen LogP contribution >= 0.6 is 0 Å². The van der Waals surface area contributed by atoms with Gasteiger partial charge in [-0.2, -0.15) is 13.2 Å². The van der Waals surface area contributed by atoms with E-state index in [2.05, 4.69) is 44.6 Å². The third kappa shape index (κ3) is 4.89. The lowest BCUT2D eigenvalue weighted by Gasteiger charge is -2.72. The number of fused-ring (bicyclic) bond motifs is 7. The van der Waals surface area contributed by atoms with Gasteiger partial charge >= 0.3 is 12.1 Å². The van der Waals surface area contributed by atoms with Gasteiger partial charge in [0.1, 0.15) is 17.6 Å². The van der Waals surface area contributed by atoms with Crippen molar-refractivity contribution in [2.45, 2.75) is 132 Å². The number of rotatable bonds is 5. The number of nitrogens with zero attached hydrogens (tertiary/aromatic N) is 2. The molecule has 6 rings (SSSR count). The Morgan fingerprint density at radius 3 is 2.30 bits per heavy atom. The van der Waals surface area contributed by atoms with Gasteiger partial charge in [0.2, 0.25) is 0 Å². The summed E-state index contributed by atoms with van der Waals surface area (Å²) in [6, 6.07) is 0.817. The first-order valence-corrected chi connectivity index (χ1v) is 17.6. The standard InChI is InChI=1S/C38H51F3N2O4/c1-21(2)31-24(45)20-37(28(46)19-30-42-18-13-27(43-30)38(39,40)41)17-16-35(7)23(32(31)37)9-10-26-34(6)14-12-29(47-22(3)44)33(4,5)25(34)11-15-36(26,35)8/h13,18,21,23,25-26,29H,9-12,14-17,19-20H2,1-8H3/t23-,25+,26-,29+,34+,35-,36-,37+/m1/s1. The lowest BCUT2D eigenvalue weighted by atomic mass is 9.33. The maximum Gasteiger partial charge on any atom is 0.433 e. The molecule has 5 aliphatic rings. The van der Waals surface area contributed by atoms with Gasteiger partial charge in [0.15, 0.2) is 11.6 Å². The lowest BCUT2D eigenvalue weighted by Crippen LogP contribution is -2.66. The molecule has 5 aliphatic carbocycles. The van der Waals surface area contributed by atoms with Gasteiger partial charge in [-0.3, -0.25) is 14.4 Å². The van der Waals surface area contributed by atoms with Crippen LogP contribution in [-0.2, 0) is 31.7 Å². The van der Waals surface area contributed by atoms with E-state index >= 15 is 0 Å². The molecule has 1 heterocycles. The zero-order chi connectivity index (χ0) is 34.5. The third-order valence-corrected chi connectivity index (χ3v) is 14.5. The van der Waals surface area contributed by atoms with Crippen molar-refractivity contribution in [1.29, 1.82) is 0 Å². The van der Waals surface area contributed by atoms with Crippen LogP contribution in [0, 0.1) is 50.7 Å². The number of alkyl halides is 3. The topological polar surface area (TPSA) is 86.2 Å². The fourth-order valence-electron chi connectivity index (χ4n) is 12.3. The molecule has 4 saturated carbocycles. The smallest absolute Gasteiger partial charge is 0.433 e. The van der Waals surface area contributed by atoms with Crippen LogP contribution in [0.2, 0.25) is 0 Å². The predicted molar refractivity (Wildman–Crippen MR) is 171 cm³/mol. The van der Waals surface area contributed by atoms with Gasteiger partial charge in [0, 0.05) is 25.0 Å². The van der Waals surface area contributed by atoms with E-state index in [1.165, 1.54) is 6.92 Å². The highest BCUT2D eigenvalue weighted by atomic mass is 19.4. The minimum atomic E-state index is -4.64. The SMILES string of the molecule is CC(=O)O[C@H]1CC[C@]2(C)[C@H]3CC[C@@H]4C5=C(C(C)C)C(=O)C[C@]5(C(=O)Cc5nccc(C(F)(F)F)n5)CC[C@@]4(C)[C@]3(C)CC[C@H]2C1(C)C. The molecule has 47 heavy (non-hydrogen) atoms. The molecular formula is C38H51F3N2O4. The molecule has 9 heteroatoms. The van der Waals surface area contributed by atoms with Crippen molar-refractivity contribution < 1.29 is 32.3 Å². The van der Waals surface area contributed by atoms with Crippen molar-refractivity contribution in [2.24, 2.45) is 50.7 Å². The molecule has 0 bridgehead atoms. The van der Waals surface area contributed by atoms with Gasteiger partial charge in [0.25, 0.3) is 0 Å². The Kier molecular flexibility index (Phi) is 8.00. The van der Waals surface area contributed by atoms with E-state index in [9.17, 15) is 27.6 Å². The Labute approximate surface area is 277 Å². The fraction of sp³-hybridized carbons (Fsp3) is 0.763. The monoisotopic (exact) mass is 656 g/mol. The maximum absolute atomic E-state index is 14.4. The molecule has 1 aromatic rings. The van der Waals surface area contributed by atoms with Gasteiger partial charge in [-0.05, 0) is 108 Å².